The molecule has 0 bridgehead atoms. The van der Waals surface area contributed by atoms with Gasteiger partial charge in [-0.3, -0.25) is 13.9 Å². The highest BCUT2D eigenvalue weighted by atomic mass is 32.2. The summed E-state index contributed by atoms with van der Waals surface area (Å²) in [6.07, 6.45) is 0. The van der Waals surface area contributed by atoms with Crippen molar-refractivity contribution in [2.75, 3.05) is 5.32 Å². The lowest BCUT2D eigenvalue weighted by Crippen LogP contribution is -2.19. The molecule has 146 valence electrons. The Morgan fingerprint density at radius 1 is 0.897 bits per heavy atom. The molecule has 0 unspecified atom stereocenters. The highest BCUT2D eigenvalue weighted by Gasteiger charge is 2.11. The lowest BCUT2D eigenvalue weighted by Gasteiger charge is -2.07. The maximum absolute atomic E-state index is 12.6. The fourth-order valence-electron chi connectivity index (χ4n) is 3.22. The van der Waals surface area contributed by atoms with Crippen molar-refractivity contribution in [3.05, 3.63) is 94.4 Å². The fraction of sp³-hybridized carbons (Fsp3) is 0.130. The fourth-order valence-corrected chi connectivity index (χ4v) is 4.10. The van der Waals surface area contributed by atoms with Gasteiger partial charge in [0, 0.05) is 36.0 Å². The van der Waals surface area contributed by atoms with Gasteiger partial charge < -0.3 is 5.32 Å². The van der Waals surface area contributed by atoms with E-state index in [1.165, 1.54) is 4.90 Å². The maximum Gasteiger partial charge on any atom is 0.328 e. The van der Waals surface area contributed by atoms with Crippen molar-refractivity contribution in [3.63, 3.8) is 0 Å². The summed E-state index contributed by atoms with van der Waals surface area (Å²) in [4.78, 5) is 25.9. The molecular formula is C23H21N3O2S. The smallest absolute Gasteiger partial charge is 0.322 e. The molecule has 0 aliphatic carbocycles. The highest BCUT2D eigenvalue weighted by Crippen LogP contribution is 2.23. The van der Waals surface area contributed by atoms with Crippen molar-refractivity contribution in [3.8, 4) is 0 Å². The van der Waals surface area contributed by atoms with Crippen LogP contribution in [0.2, 0.25) is 0 Å². The van der Waals surface area contributed by atoms with Crippen LogP contribution in [0, 0.1) is 0 Å². The van der Waals surface area contributed by atoms with Crippen LogP contribution < -0.4 is 11.0 Å². The van der Waals surface area contributed by atoms with E-state index in [0.717, 1.165) is 22.3 Å². The number of amides is 1. The first-order chi connectivity index (χ1) is 14.0. The predicted octanol–water partition coefficient (Wildman–Crippen LogP) is 4.42. The van der Waals surface area contributed by atoms with Crippen molar-refractivity contribution in [2.45, 2.75) is 10.6 Å². The number of nitrogens with one attached hydrogen (secondary N) is 1. The number of thioether (sulfide) groups is 1. The zero-order chi connectivity index (χ0) is 20.4. The maximum atomic E-state index is 12.6. The average molecular weight is 404 g/mol. The molecule has 0 fully saturated rings. The van der Waals surface area contributed by atoms with Gasteiger partial charge >= 0.3 is 5.69 Å². The molecule has 4 aromatic rings. The Hall–Kier alpha value is -3.25. The highest BCUT2D eigenvalue weighted by molar-refractivity contribution is 7.98. The number of anilines is 1. The number of fused-ring (bicyclic) bond motifs is 1. The molecule has 3 aromatic carbocycles. The minimum atomic E-state index is -0.174. The SMILES string of the molecule is Cn1c(=O)n(C)c2cc(NC(=O)c3ccc(CSc4ccccc4)cc3)ccc21. The van der Waals surface area contributed by atoms with Crippen LogP contribution in [0.1, 0.15) is 15.9 Å². The van der Waals surface area contributed by atoms with Crippen molar-refractivity contribution in [1.82, 2.24) is 9.13 Å². The first-order valence-electron chi connectivity index (χ1n) is 9.26. The molecule has 1 heterocycles. The zero-order valence-corrected chi connectivity index (χ0v) is 17.1. The number of hydrogen-bond acceptors (Lipinski definition) is 3. The van der Waals surface area contributed by atoms with Gasteiger partial charge in [-0.2, -0.15) is 0 Å². The van der Waals surface area contributed by atoms with Gasteiger partial charge in [0.2, 0.25) is 0 Å². The zero-order valence-electron chi connectivity index (χ0n) is 16.3. The summed E-state index contributed by atoms with van der Waals surface area (Å²) in [6.45, 7) is 0. The number of carbonyl (C=O) groups is 1. The molecule has 4 rings (SSSR count). The van der Waals surface area contributed by atoms with Crippen molar-refractivity contribution in [1.29, 1.82) is 0 Å². The molecule has 0 aliphatic heterocycles. The molecule has 29 heavy (non-hydrogen) atoms. The third-order valence-electron chi connectivity index (χ3n) is 4.89. The summed E-state index contributed by atoms with van der Waals surface area (Å²) in [5.41, 5.74) is 3.94. The van der Waals surface area contributed by atoms with E-state index in [2.05, 4.69) is 17.4 Å². The Morgan fingerprint density at radius 3 is 2.31 bits per heavy atom. The number of hydrogen-bond donors (Lipinski definition) is 1. The molecule has 1 N–H and O–H groups in total. The number of carbonyl (C=O) groups excluding carboxylic acids is 1. The van der Waals surface area contributed by atoms with Crippen LogP contribution in [0.15, 0.2) is 82.5 Å². The second kappa shape index (κ2) is 8.01. The molecule has 0 aliphatic rings. The normalized spacial score (nSPS) is 11.0. The van der Waals surface area contributed by atoms with Crippen LogP contribution in [0.3, 0.4) is 0 Å². The molecule has 0 spiro atoms. The van der Waals surface area contributed by atoms with E-state index in [1.54, 1.807) is 35.0 Å². The summed E-state index contributed by atoms with van der Waals surface area (Å²) in [6, 6.07) is 23.4. The number of aromatic nitrogens is 2. The van der Waals surface area contributed by atoms with Gasteiger partial charge in [-0.05, 0) is 48.0 Å². The molecule has 0 saturated carbocycles. The molecule has 1 aromatic heterocycles. The van der Waals surface area contributed by atoms with Crippen LogP contribution in [0.5, 0.6) is 0 Å². The van der Waals surface area contributed by atoms with E-state index in [1.807, 2.05) is 60.7 Å². The summed E-state index contributed by atoms with van der Waals surface area (Å²) in [5, 5.41) is 2.91. The van der Waals surface area contributed by atoms with Crippen LogP contribution in [-0.2, 0) is 19.8 Å². The number of nitrogens with zero attached hydrogens (tertiary/aromatic N) is 2. The van der Waals surface area contributed by atoms with Gasteiger partial charge in [0.1, 0.15) is 0 Å². The van der Waals surface area contributed by atoms with Crippen LogP contribution in [0.4, 0.5) is 5.69 Å². The third kappa shape index (κ3) is 3.98. The molecular weight excluding hydrogens is 382 g/mol. The van der Waals surface area contributed by atoms with Crippen molar-refractivity contribution in [2.24, 2.45) is 14.1 Å². The largest absolute Gasteiger partial charge is 0.328 e. The van der Waals surface area contributed by atoms with Gasteiger partial charge in [0.05, 0.1) is 11.0 Å². The molecule has 6 heteroatoms. The van der Waals surface area contributed by atoms with Gasteiger partial charge in [-0.1, -0.05) is 30.3 Å². The average Bonchev–Trinajstić information content (AvgIpc) is 2.97. The Morgan fingerprint density at radius 2 is 1.59 bits per heavy atom. The Bertz CT molecular complexity index is 1220. The minimum Gasteiger partial charge on any atom is -0.322 e. The quantitative estimate of drug-likeness (QED) is 0.502. The van der Waals surface area contributed by atoms with Gasteiger partial charge in [-0.15, -0.1) is 11.8 Å². The minimum absolute atomic E-state index is 0.0903. The van der Waals surface area contributed by atoms with Gasteiger partial charge in [0.15, 0.2) is 0 Å². The first-order valence-corrected chi connectivity index (χ1v) is 10.2. The standard InChI is InChI=1S/C23H21N3O2S/c1-25-20-13-12-18(14-21(20)26(2)23(25)28)24-22(27)17-10-8-16(9-11-17)15-29-19-6-4-3-5-7-19/h3-14H,15H2,1-2H3,(H,24,27). The Kier molecular flexibility index (Phi) is 5.27. The predicted molar refractivity (Wildman–Crippen MR) is 119 cm³/mol. The van der Waals surface area contributed by atoms with E-state index in [-0.39, 0.29) is 11.6 Å². The second-order valence-corrected chi connectivity index (χ2v) is 7.91. The molecule has 0 saturated heterocycles. The van der Waals surface area contributed by atoms with Crippen LogP contribution >= 0.6 is 11.8 Å². The van der Waals surface area contributed by atoms with E-state index in [9.17, 15) is 9.59 Å². The number of benzene rings is 3. The number of imidazole rings is 1. The van der Waals surface area contributed by atoms with E-state index < -0.39 is 0 Å². The summed E-state index contributed by atoms with van der Waals surface area (Å²) in [7, 11) is 3.46. The monoisotopic (exact) mass is 403 g/mol. The lowest BCUT2D eigenvalue weighted by molar-refractivity contribution is 0.102. The van der Waals surface area contributed by atoms with E-state index in [4.69, 9.17) is 0 Å². The van der Waals surface area contributed by atoms with Crippen LogP contribution in [-0.4, -0.2) is 15.0 Å². The van der Waals surface area contributed by atoms with Crippen molar-refractivity contribution >= 4 is 34.4 Å². The number of rotatable bonds is 5. The second-order valence-electron chi connectivity index (χ2n) is 6.86. The van der Waals surface area contributed by atoms with E-state index >= 15 is 0 Å². The van der Waals surface area contributed by atoms with Gasteiger partial charge in [0.25, 0.3) is 5.91 Å². The van der Waals surface area contributed by atoms with E-state index in [0.29, 0.717) is 11.3 Å². The number of aryl methyl sites for hydroxylation is 2. The molecule has 1 amide bonds. The third-order valence-corrected chi connectivity index (χ3v) is 5.98. The first kappa shape index (κ1) is 19.1. The van der Waals surface area contributed by atoms with Crippen molar-refractivity contribution < 1.29 is 4.79 Å². The topological polar surface area (TPSA) is 56.0 Å². The Balaban J connectivity index is 1.45. The lowest BCUT2D eigenvalue weighted by atomic mass is 10.1. The molecule has 5 nitrogen and oxygen atoms in total. The summed E-state index contributed by atoms with van der Waals surface area (Å²) < 4.78 is 3.16. The molecule has 0 atom stereocenters. The summed E-state index contributed by atoms with van der Waals surface area (Å²) in [5.74, 6) is 0.678. The van der Waals surface area contributed by atoms with Crippen LogP contribution in [0.25, 0.3) is 11.0 Å². The molecule has 0 radical (unpaired) electrons. The summed E-state index contributed by atoms with van der Waals surface area (Å²) >= 11 is 1.77. The Labute approximate surface area is 173 Å². The van der Waals surface area contributed by atoms with Gasteiger partial charge in [-0.25, -0.2) is 4.79 Å².